The summed E-state index contributed by atoms with van der Waals surface area (Å²) in [6.07, 6.45) is 0. The number of amidine groups is 1. The number of hydrogen-bond acceptors (Lipinski definition) is 6. The van der Waals surface area contributed by atoms with E-state index >= 15 is 0 Å². The third-order valence-electron chi connectivity index (χ3n) is 4.66. The summed E-state index contributed by atoms with van der Waals surface area (Å²) in [4.78, 5) is 16.4. The molecule has 1 fully saturated rings. The SMILES string of the molecule is CCOC(=O)c1ccc(N2CCN(c3ccc(/C(N)=N/S)cc3)CC2)cc1. The van der Waals surface area contributed by atoms with E-state index in [4.69, 9.17) is 10.5 Å². The standard InChI is InChI=1S/C20H24N4O2S/c1-2-26-20(25)16-5-9-18(10-6-16)24-13-11-23(12-14-24)17-7-3-15(4-8-17)19(21)22-27/h3-10,27H,2,11-14H2,1H3,(H2,21,22). The zero-order valence-electron chi connectivity index (χ0n) is 15.3. The molecule has 0 saturated carbocycles. The summed E-state index contributed by atoms with van der Waals surface area (Å²) in [5.74, 6) is 0.141. The number of benzene rings is 2. The third-order valence-corrected chi connectivity index (χ3v) is 4.87. The monoisotopic (exact) mass is 384 g/mol. The fourth-order valence-corrected chi connectivity index (χ4v) is 3.26. The number of hydrogen-bond donors (Lipinski definition) is 2. The third kappa shape index (κ3) is 4.54. The van der Waals surface area contributed by atoms with Crippen LogP contribution in [0.1, 0.15) is 22.8 Å². The fraction of sp³-hybridized carbons (Fsp3) is 0.300. The number of ether oxygens (including phenoxy) is 1. The van der Waals surface area contributed by atoms with E-state index in [1.54, 1.807) is 0 Å². The lowest BCUT2D eigenvalue weighted by atomic mass is 10.1. The lowest BCUT2D eigenvalue weighted by Crippen LogP contribution is -2.46. The summed E-state index contributed by atoms with van der Waals surface area (Å²) in [6, 6.07) is 15.7. The van der Waals surface area contributed by atoms with E-state index in [0.29, 0.717) is 18.0 Å². The summed E-state index contributed by atoms with van der Waals surface area (Å²) >= 11 is 3.85. The molecule has 0 radical (unpaired) electrons. The van der Waals surface area contributed by atoms with Crippen molar-refractivity contribution in [1.29, 1.82) is 0 Å². The molecule has 1 aliphatic rings. The molecule has 6 nitrogen and oxygen atoms in total. The second-order valence-electron chi connectivity index (χ2n) is 6.27. The highest BCUT2D eigenvalue weighted by Gasteiger charge is 2.18. The Kier molecular flexibility index (Phi) is 6.24. The zero-order chi connectivity index (χ0) is 19.2. The Balaban J connectivity index is 1.59. The Bertz CT molecular complexity index is 798. The van der Waals surface area contributed by atoms with Crippen molar-refractivity contribution in [3.05, 3.63) is 59.7 Å². The van der Waals surface area contributed by atoms with Gasteiger partial charge < -0.3 is 20.3 Å². The average Bonchev–Trinajstić information content (AvgIpc) is 2.74. The predicted molar refractivity (Wildman–Crippen MR) is 113 cm³/mol. The lowest BCUT2D eigenvalue weighted by molar-refractivity contribution is 0.0526. The molecule has 0 unspecified atom stereocenters. The van der Waals surface area contributed by atoms with Crippen LogP contribution in [0.25, 0.3) is 0 Å². The van der Waals surface area contributed by atoms with Crippen molar-refractivity contribution >= 4 is 36.0 Å². The first-order chi connectivity index (χ1) is 13.1. The predicted octanol–water partition coefficient (Wildman–Crippen LogP) is 2.74. The molecule has 1 aliphatic heterocycles. The Morgan fingerprint density at radius 2 is 1.41 bits per heavy atom. The molecule has 1 saturated heterocycles. The first-order valence-corrected chi connectivity index (χ1v) is 9.37. The van der Waals surface area contributed by atoms with Crippen LogP contribution in [-0.4, -0.2) is 44.6 Å². The van der Waals surface area contributed by atoms with Crippen LogP contribution in [0.5, 0.6) is 0 Å². The highest BCUT2D eigenvalue weighted by Crippen LogP contribution is 2.22. The van der Waals surface area contributed by atoms with E-state index in [0.717, 1.165) is 37.4 Å². The molecule has 0 spiro atoms. The molecule has 2 N–H and O–H groups in total. The number of esters is 1. The lowest BCUT2D eigenvalue weighted by Gasteiger charge is -2.37. The maximum atomic E-state index is 11.8. The van der Waals surface area contributed by atoms with Crippen molar-refractivity contribution in [2.75, 3.05) is 42.6 Å². The zero-order valence-corrected chi connectivity index (χ0v) is 16.2. The van der Waals surface area contributed by atoms with Crippen molar-refractivity contribution in [2.24, 2.45) is 10.1 Å². The Labute approximate surface area is 165 Å². The van der Waals surface area contributed by atoms with Crippen LogP contribution in [-0.2, 0) is 4.74 Å². The first kappa shape index (κ1) is 19.1. The van der Waals surface area contributed by atoms with Gasteiger partial charge in [0.05, 0.1) is 12.2 Å². The topological polar surface area (TPSA) is 71.2 Å². The van der Waals surface area contributed by atoms with Crippen LogP contribution in [0.2, 0.25) is 0 Å². The van der Waals surface area contributed by atoms with Crippen LogP contribution in [0.3, 0.4) is 0 Å². The van der Waals surface area contributed by atoms with Gasteiger partial charge in [-0.05, 0) is 68.3 Å². The van der Waals surface area contributed by atoms with Gasteiger partial charge in [0.1, 0.15) is 5.84 Å². The number of piperazine rings is 1. The normalized spacial score (nSPS) is 15.0. The van der Waals surface area contributed by atoms with Gasteiger partial charge in [0.15, 0.2) is 0 Å². The van der Waals surface area contributed by atoms with Crippen molar-refractivity contribution < 1.29 is 9.53 Å². The van der Waals surface area contributed by atoms with Gasteiger partial charge in [-0.25, -0.2) is 9.19 Å². The molecule has 0 atom stereocenters. The molecule has 2 aromatic carbocycles. The molecular formula is C20H24N4O2S. The van der Waals surface area contributed by atoms with E-state index in [-0.39, 0.29) is 5.97 Å². The minimum Gasteiger partial charge on any atom is -0.462 e. The molecule has 0 aliphatic carbocycles. The minimum atomic E-state index is -0.277. The minimum absolute atomic E-state index is 0.277. The second-order valence-corrected chi connectivity index (χ2v) is 6.47. The molecule has 142 valence electrons. The molecule has 3 rings (SSSR count). The summed E-state index contributed by atoms with van der Waals surface area (Å²) in [5.41, 5.74) is 9.52. The van der Waals surface area contributed by atoms with Crippen molar-refractivity contribution in [3.63, 3.8) is 0 Å². The average molecular weight is 385 g/mol. The number of carbonyl (C=O) groups excluding carboxylic acids is 1. The highest BCUT2D eigenvalue weighted by atomic mass is 32.1. The molecule has 1 heterocycles. The van der Waals surface area contributed by atoms with E-state index in [1.165, 1.54) is 5.69 Å². The molecule has 0 bridgehead atoms. The number of anilines is 2. The van der Waals surface area contributed by atoms with Gasteiger partial charge in [0, 0.05) is 43.1 Å². The Morgan fingerprint density at radius 3 is 1.81 bits per heavy atom. The quantitative estimate of drug-likeness (QED) is 0.359. The summed E-state index contributed by atoms with van der Waals surface area (Å²) < 4.78 is 8.74. The number of nitrogens with zero attached hydrogens (tertiary/aromatic N) is 3. The molecule has 2 aromatic rings. The summed E-state index contributed by atoms with van der Waals surface area (Å²) in [5, 5.41) is 0. The van der Waals surface area contributed by atoms with Gasteiger partial charge in [-0.3, -0.25) is 0 Å². The maximum absolute atomic E-state index is 11.8. The van der Waals surface area contributed by atoms with E-state index in [2.05, 4.69) is 39.1 Å². The largest absolute Gasteiger partial charge is 0.462 e. The van der Waals surface area contributed by atoms with Gasteiger partial charge >= 0.3 is 5.97 Å². The van der Waals surface area contributed by atoms with Gasteiger partial charge in [0.2, 0.25) is 0 Å². The molecular weight excluding hydrogens is 360 g/mol. The highest BCUT2D eigenvalue weighted by molar-refractivity contribution is 7.79. The number of rotatable bonds is 5. The molecule has 27 heavy (non-hydrogen) atoms. The first-order valence-electron chi connectivity index (χ1n) is 8.97. The van der Waals surface area contributed by atoms with Crippen LogP contribution in [0, 0.1) is 0 Å². The van der Waals surface area contributed by atoms with E-state index in [9.17, 15) is 4.79 Å². The number of thiol groups is 1. The van der Waals surface area contributed by atoms with Crippen molar-refractivity contribution in [3.8, 4) is 0 Å². The van der Waals surface area contributed by atoms with Gasteiger partial charge in [-0.15, -0.1) is 0 Å². The van der Waals surface area contributed by atoms with Crippen molar-refractivity contribution in [1.82, 2.24) is 0 Å². The van der Waals surface area contributed by atoms with Crippen LogP contribution >= 0.6 is 12.8 Å². The summed E-state index contributed by atoms with van der Waals surface area (Å²) in [7, 11) is 0. The van der Waals surface area contributed by atoms with Crippen LogP contribution in [0.15, 0.2) is 52.9 Å². The maximum Gasteiger partial charge on any atom is 0.338 e. The van der Waals surface area contributed by atoms with Crippen LogP contribution < -0.4 is 15.5 Å². The Morgan fingerprint density at radius 1 is 0.963 bits per heavy atom. The summed E-state index contributed by atoms with van der Waals surface area (Å²) in [6.45, 7) is 5.88. The number of nitrogens with two attached hydrogens (primary N) is 1. The van der Waals surface area contributed by atoms with Gasteiger partial charge in [0.25, 0.3) is 0 Å². The van der Waals surface area contributed by atoms with Crippen molar-refractivity contribution in [2.45, 2.75) is 6.92 Å². The molecule has 0 aromatic heterocycles. The second kappa shape index (κ2) is 8.81. The van der Waals surface area contributed by atoms with E-state index in [1.807, 2.05) is 43.3 Å². The smallest absolute Gasteiger partial charge is 0.338 e. The van der Waals surface area contributed by atoms with Crippen LogP contribution in [0.4, 0.5) is 11.4 Å². The molecule has 0 amide bonds. The van der Waals surface area contributed by atoms with Gasteiger partial charge in [-0.1, -0.05) is 0 Å². The fourth-order valence-electron chi connectivity index (χ4n) is 3.15. The van der Waals surface area contributed by atoms with E-state index < -0.39 is 0 Å². The molecule has 7 heteroatoms. The van der Waals surface area contributed by atoms with Gasteiger partial charge in [-0.2, -0.15) is 0 Å². The number of carbonyl (C=O) groups is 1. The Hall–Kier alpha value is -2.67.